The molecule has 0 aromatic heterocycles. The maximum Gasteiger partial charge on any atom is 0.312 e. The molecule has 0 aliphatic heterocycles. The van der Waals surface area contributed by atoms with Gasteiger partial charge in [-0.2, -0.15) is 0 Å². The van der Waals surface area contributed by atoms with Gasteiger partial charge in [0, 0.05) is 13.1 Å². The number of nitrogens with zero attached hydrogens (tertiary/aromatic N) is 1. The number of amides is 3. The van der Waals surface area contributed by atoms with Crippen LogP contribution < -0.4 is 16.4 Å². The fourth-order valence-electron chi connectivity index (χ4n) is 2.28. The summed E-state index contributed by atoms with van der Waals surface area (Å²) in [4.78, 5) is 25.4. The zero-order valence-electron chi connectivity index (χ0n) is 14.4. The Balaban J connectivity index is 2.60. The van der Waals surface area contributed by atoms with Crippen molar-refractivity contribution in [3.63, 3.8) is 0 Å². The highest BCUT2D eigenvalue weighted by atomic mass is 16.2. The predicted molar refractivity (Wildman–Crippen MR) is 91.6 cm³/mol. The highest BCUT2D eigenvalue weighted by Gasteiger charge is 2.24. The molecular formula is C17H28N4O2. The summed E-state index contributed by atoms with van der Waals surface area (Å²) in [6, 6.07) is 6.81. The monoisotopic (exact) mass is 320 g/mol. The van der Waals surface area contributed by atoms with Gasteiger partial charge in [-0.15, -0.1) is 0 Å². The Labute approximate surface area is 138 Å². The van der Waals surface area contributed by atoms with Gasteiger partial charge in [0.2, 0.25) is 5.91 Å². The van der Waals surface area contributed by atoms with Crippen LogP contribution in [-0.4, -0.2) is 37.0 Å². The van der Waals surface area contributed by atoms with E-state index in [1.165, 1.54) is 5.56 Å². The van der Waals surface area contributed by atoms with E-state index in [2.05, 4.69) is 27.7 Å². The standard InChI is InChI=1S/C17H28N4O2/c1-5-12(2)15(20-17(18)23)16(22)19-10-13-6-8-14(9-7-13)11-21(3)4/h6-9,12,15H,5,10-11H2,1-4H3,(H,19,22)(H3,18,20,23)/t12-,15-/m0/s1. The highest BCUT2D eigenvalue weighted by Crippen LogP contribution is 2.09. The summed E-state index contributed by atoms with van der Waals surface area (Å²) in [6.07, 6.45) is 0.775. The maximum atomic E-state index is 12.3. The molecule has 1 rings (SSSR count). The van der Waals surface area contributed by atoms with Crippen molar-refractivity contribution in [2.45, 2.75) is 39.4 Å². The molecule has 0 bridgehead atoms. The second kappa shape index (κ2) is 9.15. The summed E-state index contributed by atoms with van der Waals surface area (Å²) < 4.78 is 0. The van der Waals surface area contributed by atoms with Gasteiger partial charge in [-0.25, -0.2) is 4.79 Å². The van der Waals surface area contributed by atoms with Crippen LogP contribution in [0, 0.1) is 5.92 Å². The molecule has 0 spiro atoms. The predicted octanol–water partition coefficient (Wildman–Crippen LogP) is 1.45. The number of nitrogens with one attached hydrogen (secondary N) is 2. The Hall–Kier alpha value is -2.08. The largest absolute Gasteiger partial charge is 0.352 e. The van der Waals surface area contributed by atoms with Crippen molar-refractivity contribution in [3.8, 4) is 0 Å². The maximum absolute atomic E-state index is 12.3. The molecule has 3 amide bonds. The van der Waals surface area contributed by atoms with Crippen LogP contribution in [0.2, 0.25) is 0 Å². The van der Waals surface area contributed by atoms with Crippen molar-refractivity contribution in [1.82, 2.24) is 15.5 Å². The fourth-order valence-corrected chi connectivity index (χ4v) is 2.28. The average molecular weight is 320 g/mol. The molecule has 0 saturated heterocycles. The molecule has 2 atom stereocenters. The van der Waals surface area contributed by atoms with E-state index in [-0.39, 0.29) is 11.8 Å². The van der Waals surface area contributed by atoms with E-state index in [0.717, 1.165) is 18.5 Å². The van der Waals surface area contributed by atoms with Gasteiger partial charge < -0.3 is 21.3 Å². The topological polar surface area (TPSA) is 87.5 Å². The molecule has 0 saturated carbocycles. The molecule has 0 unspecified atom stereocenters. The molecule has 0 fully saturated rings. The van der Waals surface area contributed by atoms with E-state index in [9.17, 15) is 9.59 Å². The second-order valence-corrected chi connectivity index (χ2v) is 6.14. The van der Waals surface area contributed by atoms with E-state index in [1.807, 2.05) is 40.1 Å². The first-order valence-electron chi connectivity index (χ1n) is 7.89. The van der Waals surface area contributed by atoms with Crippen LogP contribution in [0.1, 0.15) is 31.4 Å². The number of carbonyl (C=O) groups excluding carboxylic acids is 2. The van der Waals surface area contributed by atoms with Gasteiger partial charge in [-0.1, -0.05) is 44.5 Å². The summed E-state index contributed by atoms with van der Waals surface area (Å²) in [5.41, 5.74) is 7.39. The molecule has 1 aromatic carbocycles. The second-order valence-electron chi connectivity index (χ2n) is 6.14. The Morgan fingerprint density at radius 3 is 2.22 bits per heavy atom. The summed E-state index contributed by atoms with van der Waals surface area (Å²) >= 11 is 0. The zero-order chi connectivity index (χ0) is 17.4. The molecule has 0 aliphatic rings. The molecule has 0 heterocycles. The first-order valence-corrected chi connectivity index (χ1v) is 7.89. The lowest BCUT2D eigenvalue weighted by Crippen LogP contribution is -2.51. The smallest absolute Gasteiger partial charge is 0.312 e. The van der Waals surface area contributed by atoms with E-state index in [1.54, 1.807) is 0 Å². The Morgan fingerprint density at radius 1 is 1.17 bits per heavy atom. The van der Waals surface area contributed by atoms with Gasteiger partial charge in [-0.3, -0.25) is 4.79 Å². The zero-order valence-corrected chi connectivity index (χ0v) is 14.4. The van der Waals surface area contributed by atoms with Crippen LogP contribution in [0.25, 0.3) is 0 Å². The normalized spacial score (nSPS) is 13.4. The Kier molecular flexibility index (Phi) is 7.54. The Bertz CT molecular complexity index is 514. The van der Waals surface area contributed by atoms with Crippen LogP contribution in [0.3, 0.4) is 0 Å². The summed E-state index contributed by atoms with van der Waals surface area (Å²) in [6.45, 7) is 5.19. The van der Waals surface area contributed by atoms with Crippen LogP contribution in [0.5, 0.6) is 0 Å². The quantitative estimate of drug-likeness (QED) is 0.677. The van der Waals surface area contributed by atoms with Crippen LogP contribution in [0.4, 0.5) is 4.79 Å². The number of hydrogen-bond donors (Lipinski definition) is 3. The van der Waals surface area contributed by atoms with Crippen molar-refractivity contribution >= 4 is 11.9 Å². The van der Waals surface area contributed by atoms with Gasteiger partial charge in [0.05, 0.1) is 0 Å². The molecule has 0 radical (unpaired) electrons. The van der Waals surface area contributed by atoms with Crippen LogP contribution >= 0.6 is 0 Å². The Morgan fingerprint density at radius 2 is 1.74 bits per heavy atom. The van der Waals surface area contributed by atoms with Crippen molar-refractivity contribution in [2.24, 2.45) is 11.7 Å². The first-order chi connectivity index (χ1) is 10.8. The molecule has 6 heteroatoms. The summed E-state index contributed by atoms with van der Waals surface area (Å²) in [5, 5.41) is 5.38. The molecule has 0 aliphatic carbocycles. The van der Waals surface area contributed by atoms with E-state index in [4.69, 9.17) is 5.73 Å². The summed E-state index contributed by atoms with van der Waals surface area (Å²) in [7, 11) is 4.05. The van der Waals surface area contributed by atoms with Crippen LogP contribution in [0.15, 0.2) is 24.3 Å². The number of nitrogens with two attached hydrogens (primary N) is 1. The number of benzene rings is 1. The lowest BCUT2D eigenvalue weighted by Gasteiger charge is -2.22. The van der Waals surface area contributed by atoms with Crippen molar-refractivity contribution < 1.29 is 9.59 Å². The van der Waals surface area contributed by atoms with Gasteiger partial charge in [0.1, 0.15) is 6.04 Å². The number of primary amides is 1. The number of rotatable bonds is 8. The molecular weight excluding hydrogens is 292 g/mol. The third-order valence-corrected chi connectivity index (χ3v) is 3.78. The minimum absolute atomic E-state index is 0.0185. The number of hydrogen-bond acceptors (Lipinski definition) is 3. The molecule has 1 aromatic rings. The van der Waals surface area contributed by atoms with Gasteiger partial charge in [0.25, 0.3) is 0 Å². The van der Waals surface area contributed by atoms with E-state index in [0.29, 0.717) is 6.54 Å². The van der Waals surface area contributed by atoms with Crippen molar-refractivity contribution in [3.05, 3.63) is 35.4 Å². The van der Waals surface area contributed by atoms with Crippen LogP contribution in [-0.2, 0) is 17.9 Å². The minimum Gasteiger partial charge on any atom is -0.352 e. The molecule has 128 valence electrons. The number of carbonyl (C=O) groups is 2. The van der Waals surface area contributed by atoms with Gasteiger partial charge >= 0.3 is 6.03 Å². The van der Waals surface area contributed by atoms with Crippen molar-refractivity contribution in [1.29, 1.82) is 0 Å². The van der Waals surface area contributed by atoms with E-state index >= 15 is 0 Å². The lowest BCUT2D eigenvalue weighted by atomic mass is 9.98. The van der Waals surface area contributed by atoms with Crippen molar-refractivity contribution in [2.75, 3.05) is 14.1 Å². The average Bonchev–Trinajstić information content (AvgIpc) is 2.50. The summed E-state index contributed by atoms with van der Waals surface area (Å²) in [5.74, 6) is -0.194. The minimum atomic E-state index is -0.682. The van der Waals surface area contributed by atoms with E-state index < -0.39 is 12.1 Å². The molecule has 4 N–H and O–H groups in total. The third-order valence-electron chi connectivity index (χ3n) is 3.78. The first kappa shape index (κ1) is 19.0. The third kappa shape index (κ3) is 6.69. The SMILES string of the molecule is CC[C@H](C)[C@H](NC(N)=O)C(=O)NCc1ccc(CN(C)C)cc1. The highest BCUT2D eigenvalue weighted by molar-refractivity contribution is 5.86. The fraction of sp³-hybridized carbons (Fsp3) is 0.529. The van der Waals surface area contributed by atoms with Gasteiger partial charge in [0.15, 0.2) is 0 Å². The lowest BCUT2D eigenvalue weighted by molar-refractivity contribution is -0.124. The molecule has 6 nitrogen and oxygen atoms in total. The van der Waals surface area contributed by atoms with Gasteiger partial charge in [-0.05, 0) is 31.1 Å². The molecule has 23 heavy (non-hydrogen) atoms. The number of urea groups is 1.